The van der Waals surface area contributed by atoms with Crippen LogP contribution in [-0.4, -0.2) is 27.0 Å². The first-order valence-electron chi connectivity index (χ1n) is 4.19. The second kappa shape index (κ2) is 3.91. The van der Waals surface area contributed by atoms with Crippen molar-refractivity contribution in [1.29, 1.82) is 0 Å². The maximum absolute atomic E-state index is 10.3. The molecular weight excluding hydrogens is 202 g/mol. The summed E-state index contributed by atoms with van der Waals surface area (Å²) in [4.78, 5) is 14.5. The molecule has 0 aromatic carbocycles. The first kappa shape index (κ1) is 10.9. The Kier molecular flexibility index (Phi) is 3.05. The third-order valence-corrected chi connectivity index (χ3v) is 2.16. The number of carbonyl (C=O) groups is 1. The summed E-state index contributed by atoms with van der Waals surface area (Å²) in [6.45, 7) is 5.90. The molecule has 0 fully saturated rings. The van der Waals surface area contributed by atoms with Gasteiger partial charge in [0.05, 0.1) is 0 Å². The quantitative estimate of drug-likeness (QED) is 0.795. The first-order chi connectivity index (χ1) is 6.39. The molecule has 1 aromatic rings. The number of carboxylic acids is 1. The molecule has 1 aromatic heterocycles. The smallest absolute Gasteiger partial charge is 0.322 e. The van der Waals surface area contributed by atoms with E-state index in [9.17, 15) is 4.79 Å². The average Bonchev–Trinajstić information content (AvgIpc) is 2.47. The average molecular weight is 215 g/mol. The van der Waals surface area contributed by atoms with Gasteiger partial charge in [-0.2, -0.15) is 4.37 Å². The molecule has 0 aliphatic heterocycles. The van der Waals surface area contributed by atoms with E-state index in [1.54, 1.807) is 0 Å². The molecule has 0 atom stereocenters. The van der Waals surface area contributed by atoms with Crippen molar-refractivity contribution in [2.24, 2.45) is 0 Å². The summed E-state index contributed by atoms with van der Waals surface area (Å²) < 4.78 is 4.14. The minimum Gasteiger partial charge on any atom is -0.480 e. The van der Waals surface area contributed by atoms with Crippen molar-refractivity contribution in [3.05, 3.63) is 5.82 Å². The number of rotatable bonds is 3. The summed E-state index contributed by atoms with van der Waals surface area (Å²) in [5.41, 5.74) is -0.0976. The van der Waals surface area contributed by atoms with Gasteiger partial charge < -0.3 is 10.4 Å². The van der Waals surface area contributed by atoms with Crippen LogP contribution in [0.3, 0.4) is 0 Å². The molecule has 1 rings (SSSR count). The lowest BCUT2D eigenvalue weighted by atomic mass is 9.96. The van der Waals surface area contributed by atoms with Crippen molar-refractivity contribution >= 4 is 22.6 Å². The van der Waals surface area contributed by atoms with Gasteiger partial charge in [0.1, 0.15) is 12.4 Å². The Bertz CT molecular complexity index is 330. The zero-order valence-electron chi connectivity index (χ0n) is 8.37. The van der Waals surface area contributed by atoms with E-state index in [1.165, 1.54) is 11.5 Å². The fraction of sp³-hybridized carbons (Fsp3) is 0.625. The molecule has 2 N–H and O–H groups in total. The molecule has 0 unspecified atom stereocenters. The van der Waals surface area contributed by atoms with Crippen molar-refractivity contribution in [2.75, 3.05) is 11.9 Å². The third-order valence-electron chi connectivity index (χ3n) is 1.49. The van der Waals surface area contributed by atoms with Gasteiger partial charge in [-0.25, -0.2) is 4.98 Å². The van der Waals surface area contributed by atoms with Crippen molar-refractivity contribution in [2.45, 2.75) is 26.2 Å². The molecule has 0 amide bonds. The summed E-state index contributed by atoms with van der Waals surface area (Å²) in [5, 5.41) is 11.7. The van der Waals surface area contributed by atoms with Crippen LogP contribution in [0.1, 0.15) is 26.6 Å². The van der Waals surface area contributed by atoms with Gasteiger partial charge in [0.15, 0.2) is 0 Å². The van der Waals surface area contributed by atoms with Crippen molar-refractivity contribution in [1.82, 2.24) is 9.36 Å². The molecule has 14 heavy (non-hydrogen) atoms. The standard InChI is InChI=1S/C8H13N3O2S/c1-8(2,3)6-10-7(14-11-6)9-4-5(12)13/h4H2,1-3H3,(H,12,13)(H,9,10,11). The SMILES string of the molecule is CC(C)(C)c1nsc(NCC(=O)O)n1. The topological polar surface area (TPSA) is 75.1 Å². The molecule has 5 nitrogen and oxygen atoms in total. The highest BCUT2D eigenvalue weighted by Crippen LogP contribution is 2.22. The van der Waals surface area contributed by atoms with Crippen LogP contribution >= 0.6 is 11.5 Å². The van der Waals surface area contributed by atoms with E-state index in [-0.39, 0.29) is 12.0 Å². The second-order valence-corrected chi connectivity index (χ2v) is 4.67. The van der Waals surface area contributed by atoms with Crippen LogP contribution < -0.4 is 5.32 Å². The minimum atomic E-state index is -0.905. The number of hydrogen-bond acceptors (Lipinski definition) is 5. The van der Waals surface area contributed by atoms with E-state index in [0.29, 0.717) is 5.13 Å². The van der Waals surface area contributed by atoms with E-state index >= 15 is 0 Å². The Balaban J connectivity index is 2.64. The Labute approximate surface area is 86.3 Å². The van der Waals surface area contributed by atoms with Crippen molar-refractivity contribution < 1.29 is 9.90 Å². The van der Waals surface area contributed by atoms with Gasteiger partial charge in [0.2, 0.25) is 5.13 Å². The Morgan fingerprint density at radius 3 is 2.64 bits per heavy atom. The highest BCUT2D eigenvalue weighted by molar-refractivity contribution is 7.09. The summed E-state index contributed by atoms with van der Waals surface area (Å²) in [6, 6.07) is 0. The minimum absolute atomic E-state index is 0.0976. The normalized spacial score (nSPS) is 11.4. The fourth-order valence-electron chi connectivity index (χ4n) is 0.751. The van der Waals surface area contributed by atoms with Crippen LogP contribution in [0.25, 0.3) is 0 Å². The summed E-state index contributed by atoms with van der Waals surface area (Å²) in [5.74, 6) is -0.173. The third kappa shape index (κ3) is 2.95. The predicted octanol–water partition coefficient (Wildman–Crippen LogP) is 1.33. The van der Waals surface area contributed by atoms with Crippen LogP contribution in [0.4, 0.5) is 5.13 Å². The number of nitrogens with zero attached hydrogens (tertiary/aromatic N) is 2. The summed E-state index contributed by atoms with van der Waals surface area (Å²) >= 11 is 1.18. The van der Waals surface area contributed by atoms with Crippen molar-refractivity contribution in [3.8, 4) is 0 Å². The molecule has 0 saturated heterocycles. The maximum atomic E-state index is 10.3. The van der Waals surface area contributed by atoms with Crippen LogP contribution in [0, 0.1) is 0 Å². The van der Waals surface area contributed by atoms with Gasteiger partial charge >= 0.3 is 5.97 Å². The predicted molar refractivity (Wildman–Crippen MR) is 54.7 cm³/mol. The number of anilines is 1. The lowest BCUT2D eigenvalue weighted by Gasteiger charge is -2.12. The first-order valence-corrected chi connectivity index (χ1v) is 4.97. The Morgan fingerprint density at radius 2 is 2.21 bits per heavy atom. The highest BCUT2D eigenvalue weighted by Gasteiger charge is 2.19. The van der Waals surface area contributed by atoms with E-state index in [2.05, 4.69) is 14.7 Å². The zero-order chi connectivity index (χ0) is 10.8. The van der Waals surface area contributed by atoms with Crippen LogP contribution in [0.15, 0.2) is 0 Å². The van der Waals surface area contributed by atoms with Gasteiger partial charge in [0.25, 0.3) is 0 Å². The van der Waals surface area contributed by atoms with Gasteiger partial charge in [-0.05, 0) is 0 Å². The highest BCUT2D eigenvalue weighted by atomic mass is 32.1. The van der Waals surface area contributed by atoms with Gasteiger partial charge in [-0.1, -0.05) is 20.8 Å². The molecule has 0 bridgehead atoms. The number of hydrogen-bond donors (Lipinski definition) is 2. The molecule has 0 saturated carbocycles. The number of aromatic nitrogens is 2. The molecule has 0 spiro atoms. The summed E-state index contributed by atoms with van der Waals surface area (Å²) in [7, 11) is 0. The van der Waals surface area contributed by atoms with Gasteiger partial charge in [-0.3, -0.25) is 4.79 Å². The maximum Gasteiger partial charge on any atom is 0.322 e. The monoisotopic (exact) mass is 215 g/mol. The number of nitrogens with one attached hydrogen (secondary N) is 1. The largest absolute Gasteiger partial charge is 0.480 e. The molecule has 78 valence electrons. The van der Waals surface area contributed by atoms with E-state index < -0.39 is 5.97 Å². The number of carboxylic acid groups (broad SMARTS) is 1. The van der Waals surface area contributed by atoms with Crippen LogP contribution in [-0.2, 0) is 10.2 Å². The molecule has 0 radical (unpaired) electrons. The second-order valence-electron chi connectivity index (χ2n) is 3.92. The van der Waals surface area contributed by atoms with E-state index in [1.807, 2.05) is 20.8 Å². The Hall–Kier alpha value is -1.17. The van der Waals surface area contributed by atoms with Gasteiger partial charge in [-0.15, -0.1) is 0 Å². The van der Waals surface area contributed by atoms with E-state index in [0.717, 1.165) is 5.82 Å². The molecule has 0 aliphatic carbocycles. The van der Waals surface area contributed by atoms with Crippen LogP contribution in [0.5, 0.6) is 0 Å². The molecular formula is C8H13N3O2S. The van der Waals surface area contributed by atoms with E-state index in [4.69, 9.17) is 5.11 Å². The lowest BCUT2D eigenvalue weighted by molar-refractivity contribution is -0.134. The fourth-order valence-corrected chi connectivity index (χ4v) is 1.50. The van der Waals surface area contributed by atoms with Crippen LogP contribution in [0.2, 0.25) is 0 Å². The lowest BCUT2D eigenvalue weighted by Crippen LogP contribution is -2.14. The summed E-state index contributed by atoms with van der Waals surface area (Å²) in [6.07, 6.45) is 0. The molecule has 1 heterocycles. The zero-order valence-corrected chi connectivity index (χ0v) is 9.18. The molecule has 0 aliphatic rings. The number of aliphatic carboxylic acids is 1. The Morgan fingerprint density at radius 1 is 1.57 bits per heavy atom. The van der Waals surface area contributed by atoms with Gasteiger partial charge in [0, 0.05) is 16.9 Å². The molecule has 6 heteroatoms. The van der Waals surface area contributed by atoms with Crippen molar-refractivity contribution in [3.63, 3.8) is 0 Å².